The van der Waals surface area contributed by atoms with Crippen molar-refractivity contribution >= 4 is 35.1 Å². The zero-order valence-electron chi connectivity index (χ0n) is 18.6. The number of hydrogen-bond donors (Lipinski definition) is 2. The number of nitrogens with zero attached hydrogens (tertiary/aromatic N) is 3. The van der Waals surface area contributed by atoms with Crippen LogP contribution in [-0.4, -0.2) is 51.7 Å². The lowest BCUT2D eigenvalue weighted by atomic mass is 10.0. The van der Waals surface area contributed by atoms with Gasteiger partial charge in [-0.3, -0.25) is 14.4 Å². The molecule has 1 aliphatic rings. The van der Waals surface area contributed by atoms with Crippen molar-refractivity contribution in [1.29, 1.82) is 0 Å². The quantitative estimate of drug-likeness (QED) is 0.582. The number of likely N-dealkylation sites (tertiary alicyclic amines) is 1. The second-order valence-corrected chi connectivity index (χ2v) is 8.45. The van der Waals surface area contributed by atoms with Gasteiger partial charge in [0.25, 0.3) is 17.7 Å². The van der Waals surface area contributed by atoms with Crippen LogP contribution in [0.2, 0.25) is 5.02 Å². The molecule has 0 bridgehead atoms. The molecule has 174 valence electrons. The molecule has 1 fully saturated rings. The smallest absolute Gasteiger partial charge is 0.273 e. The number of aromatic nitrogens is 2. The highest BCUT2D eigenvalue weighted by Crippen LogP contribution is 2.20. The molecule has 3 aromatic rings. The summed E-state index contributed by atoms with van der Waals surface area (Å²) < 4.78 is 0. The Hall–Kier alpha value is -3.78. The molecule has 0 aliphatic carbocycles. The van der Waals surface area contributed by atoms with Gasteiger partial charge in [0.1, 0.15) is 0 Å². The Morgan fingerprint density at radius 2 is 1.56 bits per heavy atom. The first-order chi connectivity index (χ1) is 16.4. The average molecular weight is 478 g/mol. The van der Waals surface area contributed by atoms with E-state index in [1.165, 1.54) is 12.4 Å². The summed E-state index contributed by atoms with van der Waals surface area (Å²) in [5.41, 5.74) is 1.82. The molecule has 0 spiro atoms. The van der Waals surface area contributed by atoms with Gasteiger partial charge in [0.05, 0.1) is 10.6 Å². The van der Waals surface area contributed by atoms with E-state index in [-0.39, 0.29) is 29.4 Å². The van der Waals surface area contributed by atoms with E-state index in [9.17, 15) is 14.4 Å². The zero-order chi connectivity index (χ0) is 24.1. The number of rotatable bonds is 5. The van der Waals surface area contributed by atoms with Gasteiger partial charge in [-0.25, -0.2) is 9.97 Å². The lowest BCUT2D eigenvalue weighted by Gasteiger charge is -2.32. The van der Waals surface area contributed by atoms with Crippen molar-refractivity contribution in [3.63, 3.8) is 0 Å². The van der Waals surface area contributed by atoms with E-state index >= 15 is 0 Å². The average Bonchev–Trinajstić information content (AvgIpc) is 2.85. The zero-order valence-corrected chi connectivity index (χ0v) is 19.4. The molecule has 1 aromatic heterocycles. The van der Waals surface area contributed by atoms with E-state index in [4.69, 9.17) is 11.6 Å². The standard InChI is InChI=1S/C25H24ClN5O3/c1-16-6-2-3-7-18(16)23(32)30-22-21(27-12-13-28-22)24(33)29-17-10-14-31(15-11-17)25(34)19-8-4-5-9-20(19)26/h2-9,12-13,17H,10-11,14-15H2,1H3,(H,29,33)(H,28,30,32). The summed E-state index contributed by atoms with van der Waals surface area (Å²) in [6.07, 6.45) is 4.01. The van der Waals surface area contributed by atoms with Crippen LogP contribution in [0.5, 0.6) is 0 Å². The molecule has 9 heteroatoms. The second-order valence-electron chi connectivity index (χ2n) is 8.04. The van der Waals surface area contributed by atoms with Gasteiger partial charge in [-0.2, -0.15) is 0 Å². The van der Waals surface area contributed by atoms with Crippen LogP contribution in [0.15, 0.2) is 60.9 Å². The third kappa shape index (κ3) is 5.23. The molecule has 8 nitrogen and oxygen atoms in total. The Labute approximate surface area is 202 Å². The third-order valence-corrected chi connectivity index (χ3v) is 6.09. The van der Waals surface area contributed by atoms with Crippen molar-refractivity contribution in [2.24, 2.45) is 0 Å². The molecule has 0 radical (unpaired) electrons. The minimum absolute atomic E-state index is 0.0407. The van der Waals surface area contributed by atoms with E-state index < -0.39 is 5.91 Å². The van der Waals surface area contributed by atoms with Crippen LogP contribution < -0.4 is 10.6 Å². The maximum atomic E-state index is 12.9. The summed E-state index contributed by atoms with van der Waals surface area (Å²) in [7, 11) is 0. The molecule has 0 unspecified atom stereocenters. The molecular formula is C25H24ClN5O3. The van der Waals surface area contributed by atoms with Gasteiger partial charge in [-0.05, 0) is 43.5 Å². The van der Waals surface area contributed by atoms with Crippen molar-refractivity contribution in [2.75, 3.05) is 18.4 Å². The third-order valence-electron chi connectivity index (χ3n) is 5.76. The highest BCUT2D eigenvalue weighted by atomic mass is 35.5. The number of amides is 3. The topological polar surface area (TPSA) is 104 Å². The Balaban J connectivity index is 1.38. The van der Waals surface area contributed by atoms with Gasteiger partial charge in [0.2, 0.25) is 0 Å². The van der Waals surface area contributed by atoms with Gasteiger partial charge in [0.15, 0.2) is 11.5 Å². The number of hydrogen-bond acceptors (Lipinski definition) is 5. The summed E-state index contributed by atoms with van der Waals surface area (Å²) in [6.45, 7) is 2.82. The molecule has 0 saturated carbocycles. The van der Waals surface area contributed by atoms with Crippen molar-refractivity contribution in [1.82, 2.24) is 20.2 Å². The number of aryl methyl sites for hydroxylation is 1. The number of nitrogens with one attached hydrogen (secondary N) is 2. The highest BCUT2D eigenvalue weighted by Gasteiger charge is 2.27. The van der Waals surface area contributed by atoms with Crippen molar-refractivity contribution in [2.45, 2.75) is 25.8 Å². The van der Waals surface area contributed by atoms with E-state index in [0.29, 0.717) is 42.1 Å². The first-order valence-electron chi connectivity index (χ1n) is 11.0. The molecule has 3 amide bonds. The Morgan fingerprint density at radius 3 is 2.26 bits per heavy atom. The Kier molecular flexibility index (Phi) is 7.18. The second kappa shape index (κ2) is 10.4. The Morgan fingerprint density at radius 1 is 0.912 bits per heavy atom. The predicted molar refractivity (Wildman–Crippen MR) is 129 cm³/mol. The first-order valence-corrected chi connectivity index (χ1v) is 11.3. The molecule has 2 N–H and O–H groups in total. The largest absolute Gasteiger partial charge is 0.348 e. The van der Waals surface area contributed by atoms with Crippen LogP contribution in [0.3, 0.4) is 0 Å². The molecule has 0 atom stereocenters. The predicted octanol–water partition coefficient (Wildman–Crippen LogP) is 3.73. The van der Waals surface area contributed by atoms with Gasteiger partial charge in [-0.15, -0.1) is 0 Å². The highest BCUT2D eigenvalue weighted by molar-refractivity contribution is 6.33. The van der Waals surface area contributed by atoms with Crippen LogP contribution in [-0.2, 0) is 0 Å². The van der Waals surface area contributed by atoms with Gasteiger partial charge in [0, 0.05) is 37.1 Å². The molecule has 1 aliphatic heterocycles. The number of halogens is 1. The fourth-order valence-corrected chi connectivity index (χ4v) is 4.10. The minimum Gasteiger partial charge on any atom is -0.348 e. The molecule has 2 heterocycles. The fraction of sp³-hybridized carbons (Fsp3) is 0.240. The minimum atomic E-state index is -0.427. The van der Waals surface area contributed by atoms with Gasteiger partial charge >= 0.3 is 0 Å². The van der Waals surface area contributed by atoms with E-state index in [2.05, 4.69) is 20.6 Å². The number of anilines is 1. The van der Waals surface area contributed by atoms with E-state index in [1.54, 1.807) is 41.3 Å². The lowest BCUT2D eigenvalue weighted by Crippen LogP contribution is -2.46. The van der Waals surface area contributed by atoms with Crippen LogP contribution >= 0.6 is 11.6 Å². The maximum absolute atomic E-state index is 12.9. The normalized spacial score (nSPS) is 13.9. The monoisotopic (exact) mass is 477 g/mol. The van der Waals surface area contributed by atoms with E-state index in [0.717, 1.165) is 5.56 Å². The lowest BCUT2D eigenvalue weighted by molar-refractivity contribution is 0.0698. The SMILES string of the molecule is Cc1ccccc1C(=O)Nc1nccnc1C(=O)NC1CCN(C(=O)c2ccccc2Cl)CC1. The van der Waals surface area contributed by atoms with Crippen LogP contribution in [0.25, 0.3) is 0 Å². The fourth-order valence-electron chi connectivity index (χ4n) is 3.88. The summed E-state index contributed by atoms with van der Waals surface area (Å²) >= 11 is 6.15. The van der Waals surface area contributed by atoms with Crippen molar-refractivity contribution < 1.29 is 14.4 Å². The number of carbonyl (C=O) groups is 3. The van der Waals surface area contributed by atoms with Gasteiger partial charge in [-0.1, -0.05) is 41.9 Å². The Bertz CT molecular complexity index is 1220. The molecule has 2 aromatic carbocycles. The van der Waals surface area contributed by atoms with Crippen LogP contribution in [0, 0.1) is 6.92 Å². The molecular weight excluding hydrogens is 454 g/mol. The number of benzene rings is 2. The first kappa shape index (κ1) is 23.4. The molecule has 4 rings (SSSR count). The molecule has 1 saturated heterocycles. The van der Waals surface area contributed by atoms with Gasteiger partial charge < -0.3 is 15.5 Å². The van der Waals surface area contributed by atoms with Crippen molar-refractivity contribution in [3.8, 4) is 0 Å². The van der Waals surface area contributed by atoms with E-state index in [1.807, 2.05) is 19.1 Å². The van der Waals surface area contributed by atoms with Crippen LogP contribution in [0.1, 0.15) is 49.6 Å². The summed E-state index contributed by atoms with van der Waals surface area (Å²) in [6, 6.07) is 14.0. The van der Waals surface area contributed by atoms with Crippen molar-refractivity contribution in [3.05, 3.63) is 88.3 Å². The number of piperidine rings is 1. The maximum Gasteiger partial charge on any atom is 0.273 e. The summed E-state index contributed by atoms with van der Waals surface area (Å²) in [5.74, 6) is -0.812. The number of carbonyl (C=O) groups excluding carboxylic acids is 3. The summed E-state index contributed by atoms with van der Waals surface area (Å²) in [4.78, 5) is 48.4. The summed E-state index contributed by atoms with van der Waals surface area (Å²) in [5, 5.41) is 6.07. The molecule has 34 heavy (non-hydrogen) atoms. The van der Waals surface area contributed by atoms with Crippen LogP contribution in [0.4, 0.5) is 5.82 Å².